The molecular weight excluding hydrogens is 292 g/mol. The van der Waals surface area contributed by atoms with Gasteiger partial charge in [-0.3, -0.25) is 4.79 Å². The Morgan fingerprint density at radius 2 is 1.78 bits per heavy atom. The molecule has 1 heterocycles. The van der Waals surface area contributed by atoms with Gasteiger partial charge in [-0.1, -0.05) is 42.5 Å². The van der Waals surface area contributed by atoms with Crippen LogP contribution < -0.4 is 11.1 Å². The number of carbonyl (C=O) groups is 1. The first-order valence-corrected chi connectivity index (χ1v) is 7.11. The lowest BCUT2D eigenvalue weighted by Crippen LogP contribution is -2.17. The van der Waals surface area contributed by atoms with Crippen LogP contribution in [0.15, 0.2) is 59.0 Å². The topological polar surface area (TPSA) is 88.5 Å². The molecule has 5 nitrogen and oxygen atoms in total. The van der Waals surface area contributed by atoms with Gasteiger partial charge >= 0.3 is 0 Å². The Labute approximate surface area is 133 Å². The Bertz CT molecular complexity index is 854. The zero-order valence-corrected chi connectivity index (χ0v) is 12.5. The minimum absolute atomic E-state index is 0.0391. The fourth-order valence-corrected chi connectivity index (χ4v) is 2.46. The van der Waals surface area contributed by atoms with E-state index in [-0.39, 0.29) is 17.5 Å². The van der Waals surface area contributed by atoms with Crippen molar-refractivity contribution in [1.29, 1.82) is 0 Å². The molecule has 0 atom stereocenters. The van der Waals surface area contributed by atoms with E-state index in [0.29, 0.717) is 22.5 Å². The van der Waals surface area contributed by atoms with E-state index in [1.807, 2.05) is 30.3 Å². The fourth-order valence-electron chi connectivity index (χ4n) is 2.46. The minimum atomic E-state index is -0.211. The minimum Gasteiger partial charge on any atom is -0.504 e. The highest BCUT2D eigenvalue weighted by Gasteiger charge is 2.21. The molecule has 5 heteroatoms. The molecule has 3 aromatic rings. The van der Waals surface area contributed by atoms with Crippen molar-refractivity contribution in [1.82, 2.24) is 5.32 Å². The molecule has 116 valence electrons. The van der Waals surface area contributed by atoms with E-state index >= 15 is 0 Å². The Balaban J connectivity index is 2.11. The van der Waals surface area contributed by atoms with Crippen LogP contribution >= 0.6 is 0 Å². The number of carbonyl (C=O) groups excluding carboxylic acids is 1. The normalized spacial score (nSPS) is 10.5. The molecule has 4 N–H and O–H groups in total. The van der Waals surface area contributed by atoms with Crippen molar-refractivity contribution < 1.29 is 14.3 Å². The third-order valence-corrected chi connectivity index (χ3v) is 3.59. The lowest BCUT2D eigenvalue weighted by atomic mass is 10.0. The van der Waals surface area contributed by atoms with E-state index in [1.54, 1.807) is 31.3 Å². The summed E-state index contributed by atoms with van der Waals surface area (Å²) >= 11 is 0. The van der Waals surface area contributed by atoms with E-state index in [0.717, 1.165) is 5.56 Å². The second-order valence-corrected chi connectivity index (χ2v) is 5.04. The van der Waals surface area contributed by atoms with Crippen molar-refractivity contribution in [2.75, 3.05) is 12.8 Å². The first-order chi connectivity index (χ1) is 11.1. The average molecular weight is 308 g/mol. The van der Waals surface area contributed by atoms with Crippen LogP contribution in [0.3, 0.4) is 0 Å². The van der Waals surface area contributed by atoms with Gasteiger partial charge in [-0.15, -0.1) is 0 Å². The Morgan fingerprint density at radius 1 is 1.09 bits per heavy atom. The quantitative estimate of drug-likeness (QED) is 0.693. The first kappa shape index (κ1) is 14.7. The number of nitrogens with one attached hydrogen (secondary N) is 1. The molecular formula is C18H16N2O3. The molecule has 0 aliphatic rings. The summed E-state index contributed by atoms with van der Waals surface area (Å²) in [4.78, 5) is 11.8. The van der Waals surface area contributed by atoms with Gasteiger partial charge in [0.25, 0.3) is 5.91 Å². The van der Waals surface area contributed by atoms with Gasteiger partial charge in [0.1, 0.15) is 0 Å². The SMILES string of the molecule is CNC(=O)c1cccc(-c2c(N)oc(-c3ccccc3)c2O)c1. The van der Waals surface area contributed by atoms with Crippen molar-refractivity contribution in [3.05, 3.63) is 60.2 Å². The summed E-state index contributed by atoms with van der Waals surface area (Å²) in [6.45, 7) is 0. The van der Waals surface area contributed by atoms with Crippen LogP contribution in [0.5, 0.6) is 5.75 Å². The number of anilines is 1. The van der Waals surface area contributed by atoms with Gasteiger partial charge in [-0.2, -0.15) is 0 Å². The van der Waals surface area contributed by atoms with Gasteiger partial charge in [0.15, 0.2) is 11.5 Å². The van der Waals surface area contributed by atoms with E-state index in [1.165, 1.54) is 0 Å². The molecule has 0 aliphatic heterocycles. The van der Waals surface area contributed by atoms with E-state index in [9.17, 15) is 9.90 Å². The van der Waals surface area contributed by atoms with Crippen LogP contribution in [0.25, 0.3) is 22.5 Å². The predicted octanol–water partition coefficient (Wildman–Crippen LogP) is 3.26. The van der Waals surface area contributed by atoms with E-state index < -0.39 is 0 Å². The van der Waals surface area contributed by atoms with Gasteiger partial charge in [-0.25, -0.2) is 0 Å². The van der Waals surface area contributed by atoms with Crippen LogP contribution in [0.2, 0.25) is 0 Å². The molecule has 1 aromatic heterocycles. The summed E-state index contributed by atoms with van der Waals surface area (Å²) in [5, 5.41) is 13.1. The van der Waals surface area contributed by atoms with Gasteiger partial charge in [0.2, 0.25) is 5.88 Å². The molecule has 0 aliphatic carbocycles. The number of nitrogens with two attached hydrogens (primary N) is 1. The number of amides is 1. The van der Waals surface area contributed by atoms with Crippen LogP contribution in [0.4, 0.5) is 5.88 Å². The Kier molecular flexibility index (Phi) is 3.76. The Hall–Kier alpha value is -3.21. The van der Waals surface area contributed by atoms with Crippen molar-refractivity contribution >= 4 is 11.8 Å². The zero-order valence-electron chi connectivity index (χ0n) is 12.5. The zero-order chi connectivity index (χ0) is 16.4. The third kappa shape index (κ3) is 2.64. The van der Waals surface area contributed by atoms with Gasteiger partial charge in [-0.05, 0) is 17.7 Å². The number of benzene rings is 2. The van der Waals surface area contributed by atoms with Crippen molar-refractivity contribution in [2.24, 2.45) is 0 Å². The largest absolute Gasteiger partial charge is 0.504 e. The second-order valence-electron chi connectivity index (χ2n) is 5.04. The highest BCUT2D eigenvalue weighted by Crippen LogP contribution is 2.44. The predicted molar refractivity (Wildman–Crippen MR) is 89.0 cm³/mol. The summed E-state index contributed by atoms with van der Waals surface area (Å²) in [5.74, 6) is 0.165. The van der Waals surface area contributed by atoms with E-state index in [2.05, 4.69) is 5.32 Å². The fraction of sp³-hybridized carbons (Fsp3) is 0.0556. The molecule has 0 unspecified atom stereocenters. The van der Waals surface area contributed by atoms with Gasteiger partial charge < -0.3 is 20.6 Å². The number of rotatable bonds is 3. The Morgan fingerprint density at radius 3 is 2.48 bits per heavy atom. The van der Waals surface area contributed by atoms with Crippen LogP contribution in [0, 0.1) is 0 Å². The lowest BCUT2D eigenvalue weighted by Gasteiger charge is -2.04. The van der Waals surface area contributed by atoms with Gasteiger partial charge in [0.05, 0.1) is 5.56 Å². The van der Waals surface area contributed by atoms with Gasteiger partial charge in [0, 0.05) is 18.2 Å². The van der Waals surface area contributed by atoms with Crippen LogP contribution in [-0.2, 0) is 0 Å². The lowest BCUT2D eigenvalue weighted by molar-refractivity contribution is 0.0963. The molecule has 0 saturated heterocycles. The molecule has 0 fully saturated rings. The molecule has 1 amide bonds. The van der Waals surface area contributed by atoms with Crippen molar-refractivity contribution in [3.63, 3.8) is 0 Å². The number of hydrogen-bond donors (Lipinski definition) is 3. The summed E-state index contributed by atoms with van der Waals surface area (Å²) in [7, 11) is 1.56. The summed E-state index contributed by atoms with van der Waals surface area (Å²) in [6.07, 6.45) is 0. The number of furan rings is 1. The summed E-state index contributed by atoms with van der Waals surface area (Å²) in [5.41, 5.74) is 8.15. The number of hydrogen-bond acceptors (Lipinski definition) is 4. The molecule has 0 radical (unpaired) electrons. The highest BCUT2D eigenvalue weighted by molar-refractivity contribution is 5.96. The maximum atomic E-state index is 11.8. The molecule has 0 spiro atoms. The molecule has 0 saturated carbocycles. The number of nitrogen functional groups attached to an aromatic ring is 1. The number of aromatic hydroxyl groups is 1. The highest BCUT2D eigenvalue weighted by atomic mass is 16.4. The standard InChI is InChI=1S/C18H16N2O3/c1-20-18(22)13-9-5-8-12(10-13)14-15(21)16(23-17(14)19)11-6-3-2-4-7-11/h2-10,21H,19H2,1H3,(H,20,22). The first-order valence-electron chi connectivity index (χ1n) is 7.11. The second kappa shape index (κ2) is 5.88. The monoisotopic (exact) mass is 308 g/mol. The maximum Gasteiger partial charge on any atom is 0.251 e. The van der Waals surface area contributed by atoms with Crippen LogP contribution in [0.1, 0.15) is 10.4 Å². The molecule has 3 rings (SSSR count). The van der Waals surface area contributed by atoms with Crippen molar-refractivity contribution in [2.45, 2.75) is 0 Å². The smallest absolute Gasteiger partial charge is 0.251 e. The summed E-state index contributed by atoms with van der Waals surface area (Å²) in [6, 6.07) is 16.1. The summed E-state index contributed by atoms with van der Waals surface area (Å²) < 4.78 is 5.54. The van der Waals surface area contributed by atoms with Crippen molar-refractivity contribution in [3.8, 4) is 28.2 Å². The molecule has 23 heavy (non-hydrogen) atoms. The van der Waals surface area contributed by atoms with E-state index in [4.69, 9.17) is 10.2 Å². The maximum absolute atomic E-state index is 11.8. The average Bonchev–Trinajstić information content (AvgIpc) is 2.89. The van der Waals surface area contributed by atoms with Crippen LogP contribution in [-0.4, -0.2) is 18.1 Å². The third-order valence-electron chi connectivity index (χ3n) is 3.59. The molecule has 2 aromatic carbocycles. The molecule has 0 bridgehead atoms.